The minimum absolute atomic E-state index is 1.19. The number of rotatable bonds is 7. The normalized spacial score (nSPS) is 11.3. The highest BCUT2D eigenvalue weighted by Gasteiger charge is 2.18. The predicted molar refractivity (Wildman–Crippen MR) is 257 cm³/mol. The zero-order valence-corrected chi connectivity index (χ0v) is 33.1. The fraction of sp³-hybridized carbons (Fsp3) is 0. The van der Waals surface area contributed by atoms with Crippen molar-refractivity contribution in [2.75, 3.05) is 0 Å². The topological polar surface area (TPSA) is 0 Å². The Labute approximate surface area is 351 Å². The molecule has 0 saturated heterocycles. The quantitative estimate of drug-likeness (QED) is 0.142. The molecule has 280 valence electrons. The standard InChI is InChI=1S/C60H40/c1-4-15-41(16-5-1)43-27-29-44(30-28-43)45-31-33-46(34-32-45)57-40-52(49-22-14-21-48(37-49)42-17-6-2-7-18-42)38-50-35-36-51(39-58(50)57)60-55-25-12-10-23-53(55)59(47-19-8-3-9-20-47)54-24-11-13-26-56(54)60/h1-40H. The van der Waals surface area contributed by atoms with Gasteiger partial charge in [-0.3, -0.25) is 0 Å². The van der Waals surface area contributed by atoms with Crippen LogP contribution in [0.15, 0.2) is 243 Å². The second-order valence-electron chi connectivity index (χ2n) is 15.6. The summed E-state index contributed by atoms with van der Waals surface area (Å²) in [5.41, 5.74) is 17.1. The predicted octanol–water partition coefficient (Wildman–Crippen LogP) is 16.8. The summed E-state index contributed by atoms with van der Waals surface area (Å²) in [7, 11) is 0. The van der Waals surface area contributed by atoms with Gasteiger partial charge in [-0.05, 0) is 134 Å². The van der Waals surface area contributed by atoms with E-state index in [-0.39, 0.29) is 0 Å². The van der Waals surface area contributed by atoms with Crippen molar-refractivity contribution in [3.8, 4) is 77.9 Å². The molecule has 0 nitrogen and oxygen atoms in total. The fourth-order valence-corrected chi connectivity index (χ4v) is 9.11. The molecule has 11 aromatic carbocycles. The van der Waals surface area contributed by atoms with Crippen molar-refractivity contribution in [1.29, 1.82) is 0 Å². The van der Waals surface area contributed by atoms with E-state index in [1.165, 1.54) is 110 Å². The lowest BCUT2D eigenvalue weighted by atomic mass is 9.84. The Morgan fingerprint density at radius 3 is 1.05 bits per heavy atom. The first-order valence-corrected chi connectivity index (χ1v) is 20.7. The van der Waals surface area contributed by atoms with Gasteiger partial charge in [0.25, 0.3) is 0 Å². The van der Waals surface area contributed by atoms with E-state index in [4.69, 9.17) is 0 Å². The minimum Gasteiger partial charge on any atom is -0.0622 e. The summed E-state index contributed by atoms with van der Waals surface area (Å²) in [6.45, 7) is 0. The summed E-state index contributed by atoms with van der Waals surface area (Å²) in [5.74, 6) is 0. The Morgan fingerprint density at radius 2 is 0.533 bits per heavy atom. The lowest BCUT2D eigenvalue weighted by Crippen LogP contribution is -1.92. The molecule has 0 radical (unpaired) electrons. The van der Waals surface area contributed by atoms with Gasteiger partial charge in [0.15, 0.2) is 0 Å². The molecule has 0 N–H and O–H groups in total. The van der Waals surface area contributed by atoms with Crippen molar-refractivity contribution >= 4 is 32.3 Å². The first kappa shape index (κ1) is 35.4. The first-order chi connectivity index (χ1) is 29.7. The van der Waals surface area contributed by atoms with Crippen LogP contribution in [0.5, 0.6) is 0 Å². The van der Waals surface area contributed by atoms with Crippen molar-refractivity contribution in [3.05, 3.63) is 243 Å². The molecule has 0 saturated carbocycles. The number of benzene rings is 11. The molecule has 0 heteroatoms. The Hall–Kier alpha value is -7.80. The van der Waals surface area contributed by atoms with Gasteiger partial charge in [-0.1, -0.05) is 218 Å². The van der Waals surface area contributed by atoms with Crippen LogP contribution in [-0.2, 0) is 0 Å². The molecule has 11 rings (SSSR count). The van der Waals surface area contributed by atoms with Crippen molar-refractivity contribution in [2.24, 2.45) is 0 Å². The number of fused-ring (bicyclic) bond motifs is 3. The highest BCUT2D eigenvalue weighted by Crippen LogP contribution is 2.45. The van der Waals surface area contributed by atoms with E-state index in [1.54, 1.807) is 0 Å². The molecule has 0 unspecified atom stereocenters. The third-order valence-corrected chi connectivity index (χ3v) is 12.1. The van der Waals surface area contributed by atoms with Gasteiger partial charge in [0, 0.05) is 0 Å². The van der Waals surface area contributed by atoms with Gasteiger partial charge in [0.05, 0.1) is 0 Å². The van der Waals surface area contributed by atoms with Crippen molar-refractivity contribution in [1.82, 2.24) is 0 Å². The fourth-order valence-electron chi connectivity index (χ4n) is 9.11. The van der Waals surface area contributed by atoms with Gasteiger partial charge in [-0.25, -0.2) is 0 Å². The minimum atomic E-state index is 1.19. The van der Waals surface area contributed by atoms with Crippen LogP contribution in [0.3, 0.4) is 0 Å². The molecule has 0 heterocycles. The van der Waals surface area contributed by atoms with Crippen molar-refractivity contribution in [2.45, 2.75) is 0 Å². The Bertz CT molecular complexity index is 3250. The number of hydrogen-bond acceptors (Lipinski definition) is 0. The van der Waals surface area contributed by atoms with Gasteiger partial charge in [-0.15, -0.1) is 0 Å². The molecule has 0 bridgehead atoms. The van der Waals surface area contributed by atoms with Gasteiger partial charge in [0.2, 0.25) is 0 Å². The molecule has 0 spiro atoms. The highest BCUT2D eigenvalue weighted by molar-refractivity contribution is 6.22. The summed E-state index contributed by atoms with van der Waals surface area (Å²) in [5, 5.41) is 7.49. The first-order valence-electron chi connectivity index (χ1n) is 20.7. The monoisotopic (exact) mass is 760 g/mol. The molecule has 60 heavy (non-hydrogen) atoms. The van der Waals surface area contributed by atoms with Crippen LogP contribution in [0.2, 0.25) is 0 Å². The lowest BCUT2D eigenvalue weighted by Gasteiger charge is -2.19. The van der Waals surface area contributed by atoms with E-state index in [9.17, 15) is 0 Å². The maximum atomic E-state index is 2.43. The van der Waals surface area contributed by atoms with Gasteiger partial charge in [-0.2, -0.15) is 0 Å². The molecule has 0 aliphatic heterocycles. The molecule has 0 fully saturated rings. The second kappa shape index (κ2) is 15.2. The van der Waals surface area contributed by atoms with Crippen LogP contribution in [0.1, 0.15) is 0 Å². The smallest absolute Gasteiger partial charge is 0.00261 e. The van der Waals surface area contributed by atoms with E-state index >= 15 is 0 Å². The molecular formula is C60H40. The number of hydrogen-bond donors (Lipinski definition) is 0. The molecule has 0 aromatic heterocycles. The summed E-state index contributed by atoms with van der Waals surface area (Å²) < 4.78 is 0. The second-order valence-corrected chi connectivity index (χ2v) is 15.6. The zero-order valence-electron chi connectivity index (χ0n) is 33.1. The molecule has 0 atom stereocenters. The Kier molecular flexibility index (Phi) is 8.95. The largest absolute Gasteiger partial charge is 0.0622 e. The SMILES string of the molecule is c1ccc(-c2ccc(-c3ccc(-c4cc(-c5cccc(-c6ccccc6)c5)cc5ccc(-c6c7ccccc7c(-c7ccccc7)c7ccccc67)cc45)cc3)cc2)cc1. The summed E-state index contributed by atoms with van der Waals surface area (Å²) in [6, 6.07) is 88.8. The van der Waals surface area contributed by atoms with E-state index in [0.29, 0.717) is 0 Å². The van der Waals surface area contributed by atoms with Crippen LogP contribution in [0.25, 0.3) is 110 Å². The average molecular weight is 761 g/mol. The van der Waals surface area contributed by atoms with Crippen LogP contribution in [-0.4, -0.2) is 0 Å². The Morgan fingerprint density at radius 1 is 0.167 bits per heavy atom. The van der Waals surface area contributed by atoms with Crippen LogP contribution < -0.4 is 0 Å². The molecular weight excluding hydrogens is 721 g/mol. The summed E-state index contributed by atoms with van der Waals surface area (Å²) >= 11 is 0. The van der Waals surface area contributed by atoms with Gasteiger partial charge >= 0.3 is 0 Å². The van der Waals surface area contributed by atoms with Gasteiger partial charge < -0.3 is 0 Å². The molecule has 0 amide bonds. The van der Waals surface area contributed by atoms with Crippen LogP contribution in [0, 0.1) is 0 Å². The van der Waals surface area contributed by atoms with E-state index in [1.807, 2.05) is 0 Å². The maximum absolute atomic E-state index is 2.43. The van der Waals surface area contributed by atoms with Crippen molar-refractivity contribution in [3.63, 3.8) is 0 Å². The summed E-state index contributed by atoms with van der Waals surface area (Å²) in [4.78, 5) is 0. The average Bonchev–Trinajstić information content (AvgIpc) is 3.33. The van der Waals surface area contributed by atoms with E-state index in [2.05, 4.69) is 243 Å². The highest BCUT2D eigenvalue weighted by atomic mass is 14.2. The zero-order chi connectivity index (χ0) is 39.8. The van der Waals surface area contributed by atoms with Crippen LogP contribution >= 0.6 is 0 Å². The van der Waals surface area contributed by atoms with E-state index < -0.39 is 0 Å². The van der Waals surface area contributed by atoms with Crippen LogP contribution in [0.4, 0.5) is 0 Å². The molecule has 11 aromatic rings. The molecule has 0 aliphatic carbocycles. The maximum Gasteiger partial charge on any atom is -0.00261 e. The lowest BCUT2D eigenvalue weighted by molar-refractivity contribution is 1.57. The van der Waals surface area contributed by atoms with Crippen molar-refractivity contribution < 1.29 is 0 Å². The molecule has 0 aliphatic rings. The summed E-state index contributed by atoms with van der Waals surface area (Å²) in [6.07, 6.45) is 0. The third kappa shape index (κ3) is 6.46. The van der Waals surface area contributed by atoms with E-state index in [0.717, 1.165) is 0 Å². The third-order valence-electron chi connectivity index (χ3n) is 12.1. The van der Waals surface area contributed by atoms with Gasteiger partial charge in [0.1, 0.15) is 0 Å². The Balaban J connectivity index is 1.09.